The van der Waals surface area contributed by atoms with Crippen molar-refractivity contribution in [2.45, 2.75) is 33.1 Å². The van der Waals surface area contributed by atoms with Gasteiger partial charge in [0.25, 0.3) is 0 Å². The summed E-state index contributed by atoms with van der Waals surface area (Å²) >= 11 is 0. The number of hydrogen-bond donors (Lipinski definition) is 1. The summed E-state index contributed by atoms with van der Waals surface area (Å²) < 4.78 is 25.6. The van der Waals surface area contributed by atoms with Crippen molar-refractivity contribution in [3.05, 3.63) is 11.6 Å². The van der Waals surface area contributed by atoms with Crippen LogP contribution in [0.25, 0.3) is 0 Å². The van der Waals surface area contributed by atoms with Crippen molar-refractivity contribution in [2.24, 2.45) is 28.9 Å². The number of rotatable bonds is 3. The van der Waals surface area contributed by atoms with E-state index in [1.165, 1.54) is 0 Å². The topological polar surface area (TPSA) is 26.0 Å². The molecule has 0 heterocycles. The number of hydrogen-bond acceptors (Lipinski definition) is 1. The van der Waals surface area contributed by atoms with Crippen molar-refractivity contribution in [1.29, 1.82) is 0 Å². The largest absolute Gasteiger partial charge is 0.330 e. The van der Waals surface area contributed by atoms with Crippen molar-refractivity contribution in [3.8, 4) is 0 Å². The van der Waals surface area contributed by atoms with Gasteiger partial charge in [-0.05, 0) is 30.1 Å². The van der Waals surface area contributed by atoms with Gasteiger partial charge < -0.3 is 5.73 Å². The molecular formula is C12H19F2N. The lowest BCUT2D eigenvalue weighted by molar-refractivity contribution is -0.0244. The van der Waals surface area contributed by atoms with Crippen LogP contribution >= 0.6 is 0 Å². The summed E-state index contributed by atoms with van der Waals surface area (Å²) in [6.07, 6.45) is 1.76. The molecule has 0 saturated heterocycles. The minimum absolute atomic E-state index is 0.0702. The zero-order valence-corrected chi connectivity index (χ0v) is 9.34. The highest BCUT2D eigenvalue weighted by Crippen LogP contribution is 2.60. The first-order chi connectivity index (χ1) is 6.98. The van der Waals surface area contributed by atoms with Crippen LogP contribution in [0.3, 0.4) is 0 Å². The minimum atomic E-state index is -2.31. The standard InChI is InChI=1S/C12H19F2N/c1-12(2)7-3-4-8(10(12)5-7)9(6-15)11(13)14/h4,7,9-11H,3,5-6,15H2,1-2H3. The Morgan fingerprint density at radius 1 is 1.53 bits per heavy atom. The fourth-order valence-electron chi connectivity index (χ4n) is 3.20. The Balaban J connectivity index is 2.20. The van der Waals surface area contributed by atoms with Crippen LogP contribution in [-0.4, -0.2) is 13.0 Å². The molecule has 1 fully saturated rings. The Labute approximate surface area is 89.7 Å². The van der Waals surface area contributed by atoms with E-state index >= 15 is 0 Å². The molecule has 1 saturated carbocycles. The molecule has 3 unspecified atom stereocenters. The lowest BCUT2D eigenvalue weighted by Gasteiger charge is -2.57. The molecule has 2 N–H and O–H groups in total. The van der Waals surface area contributed by atoms with Crippen LogP contribution in [0.2, 0.25) is 0 Å². The van der Waals surface area contributed by atoms with Gasteiger partial charge in [0, 0.05) is 6.54 Å². The van der Waals surface area contributed by atoms with Gasteiger partial charge in [0.1, 0.15) is 0 Å². The number of fused-ring (bicyclic) bond motifs is 1. The summed E-state index contributed by atoms with van der Waals surface area (Å²) in [6.45, 7) is 4.45. The van der Waals surface area contributed by atoms with Crippen molar-refractivity contribution in [2.75, 3.05) is 6.54 Å². The van der Waals surface area contributed by atoms with Gasteiger partial charge in [-0.2, -0.15) is 0 Å². The normalized spacial score (nSPS) is 34.7. The molecule has 2 bridgehead atoms. The lowest BCUT2D eigenvalue weighted by Crippen LogP contribution is -2.50. The van der Waals surface area contributed by atoms with Gasteiger partial charge >= 0.3 is 0 Å². The van der Waals surface area contributed by atoms with Gasteiger partial charge in [-0.3, -0.25) is 0 Å². The summed E-state index contributed by atoms with van der Waals surface area (Å²) in [5, 5.41) is 0. The molecule has 0 radical (unpaired) electrons. The molecule has 3 aliphatic rings. The molecule has 0 aromatic rings. The van der Waals surface area contributed by atoms with Gasteiger partial charge in [0.15, 0.2) is 0 Å². The van der Waals surface area contributed by atoms with Gasteiger partial charge in [-0.15, -0.1) is 0 Å². The molecule has 3 heteroatoms. The van der Waals surface area contributed by atoms with E-state index < -0.39 is 12.3 Å². The maximum atomic E-state index is 12.8. The van der Waals surface area contributed by atoms with Crippen LogP contribution in [0.5, 0.6) is 0 Å². The van der Waals surface area contributed by atoms with E-state index in [-0.39, 0.29) is 12.0 Å². The Morgan fingerprint density at radius 2 is 2.20 bits per heavy atom. The minimum Gasteiger partial charge on any atom is -0.330 e. The average Bonchev–Trinajstić information content (AvgIpc) is 2.18. The highest BCUT2D eigenvalue weighted by Gasteiger charge is 2.52. The van der Waals surface area contributed by atoms with Crippen molar-refractivity contribution < 1.29 is 8.78 Å². The molecule has 86 valence electrons. The third-order valence-corrected chi connectivity index (χ3v) is 4.50. The number of nitrogens with two attached hydrogens (primary N) is 1. The molecule has 0 aliphatic heterocycles. The van der Waals surface area contributed by atoms with Gasteiger partial charge in [-0.25, -0.2) is 8.78 Å². The molecule has 1 nitrogen and oxygen atoms in total. The number of allylic oxidation sites excluding steroid dienone is 1. The Hall–Kier alpha value is -0.440. The first-order valence-corrected chi connectivity index (χ1v) is 5.66. The van der Waals surface area contributed by atoms with Crippen LogP contribution in [0, 0.1) is 23.2 Å². The molecule has 3 aliphatic carbocycles. The first kappa shape index (κ1) is 11.1. The van der Waals surface area contributed by atoms with Gasteiger partial charge in [0.05, 0.1) is 5.92 Å². The van der Waals surface area contributed by atoms with E-state index in [4.69, 9.17) is 5.73 Å². The highest BCUT2D eigenvalue weighted by atomic mass is 19.3. The maximum Gasteiger partial charge on any atom is 0.246 e. The van der Waals surface area contributed by atoms with E-state index in [9.17, 15) is 8.78 Å². The second kappa shape index (κ2) is 3.55. The monoisotopic (exact) mass is 215 g/mol. The third-order valence-electron chi connectivity index (χ3n) is 4.50. The van der Waals surface area contributed by atoms with Gasteiger partial charge in [0.2, 0.25) is 6.43 Å². The van der Waals surface area contributed by atoms with Crippen LogP contribution < -0.4 is 5.73 Å². The molecule has 0 spiro atoms. The molecule has 0 aromatic heterocycles. The lowest BCUT2D eigenvalue weighted by atomic mass is 9.47. The predicted molar refractivity (Wildman–Crippen MR) is 56.6 cm³/mol. The summed E-state index contributed by atoms with van der Waals surface area (Å²) in [5.74, 6) is 0.330. The zero-order chi connectivity index (χ0) is 11.2. The average molecular weight is 215 g/mol. The maximum absolute atomic E-state index is 12.8. The van der Waals surface area contributed by atoms with Crippen molar-refractivity contribution >= 4 is 0 Å². The van der Waals surface area contributed by atoms with Crippen molar-refractivity contribution in [3.63, 3.8) is 0 Å². The van der Waals surface area contributed by atoms with Crippen LogP contribution in [0.1, 0.15) is 26.7 Å². The Bertz CT molecular complexity index is 283. The van der Waals surface area contributed by atoms with Crippen molar-refractivity contribution in [1.82, 2.24) is 0 Å². The summed E-state index contributed by atoms with van der Waals surface area (Å²) in [4.78, 5) is 0. The molecular weight excluding hydrogens is 196 g/mol. The fourth-order valence-corrected chi connectivity index (χ4v) is 3.20. The van der Waals surface area contributed by atoms with E-state index in [0.717, 1.165) is 18.4 Å². The summed E-state index contributed by atoms with van der Waals surface area (Å²) in [7, 11) is 0. The zero-order valence-electron chi connectivity index (χ0n) is 9.34. The third kappa shape index (κ3) is 1.52. The number of alkyl halides is 2. The summed E-state index contributed by atoms with van der Waals surface area (Å²) in [6, 6.07) is 0. The first-order valence-electron chi connectivity index (χ1n) is 5.66. The Morgan fingerprint density at radius 3 is 2.60 bits per heavy atom. The van der Waals surface area contributed by atoms with E-state index in [2.05, 4.69) is 13.8 Å². The molecule has 15 heavy (non-hydrogen) atoms. The van der Waals surface area contributed by atoms with E-state index in [0.29, 0.717) is 11.8 Å². The van der Waals surface area contributed by atoms with E-state index in [1.807, 2.05) is 6.08 Å². The second-order valence-electron chi connectivity index (χ2n) is 5.42. The molecule has 0 amide bonds. The van der Waals surface area contributed by atoms with Crippen LogP contribution in [-0.2, 0) is 0 Å². The van der Waals surface area contributed by atoms with Crippen LogP contribution in [0.15, 0.2) is 11.6 Å². The quantitative estimate of drug-likeness (QED) is 0.720. The highest BCUT2D eigenvalue weighted by molar-refractivity contribution is 5.26. The second-order valence-corrected chi connectivity index (χ2v) is 5.42. The Kier molecular flexibility index (Phi) is 2.61. The summed E-state index contributed by atoms with van der Waals surface area (Å²) in [5.41, 5.74) is 6.60. The van der Waals surface area contributed by atoms with E-state index in [1.54, 1.807) is 0 Å². The smallest absolute Gasteiger partial charge is 0.246 e. The SMILES string of the molecule is CC1(C)C2CC=C(C(CN)C(F)F)C1C2. The molecule has 0 aromatic carbocycles. The van der Waals surface area contributed by atoms with Gasteiger partial charge in [-0.1, -0.05) is 25.5 Å². The predicted octanol–water partition coefficient (Wildman–Crippen LogP) is 2.82. The van der Waals surface area contributed by atoms with Crippen LogP contribution in [0.4, 0.5) is 8.78 Å². The molecule has 3 atom stereocenters. The molecule has 3 rings (SSSR count). The number of halogens is 2. The fraction of sp³-hybridized carbons (Fsp3) is 0.833.